The van der Waals surface area contributed by atoms with Crippen molar-refractivity contribution in [3.05, 3.63) is 88.5 Å². The van der Waals surface area contributed by atoms with Crippen molar-refractivity contribution in [2.75, 3.05) is 0 Å². The number of aryl methyl sites for hydroxylation is 3. The van der Waals surface area contributed by atoms with Gasteiger partial charge in [0.25, 0.3) is 0 Å². The predicted octanol–water partition coefficient (Wildman–Crippen LogP) is 4.17. The number of hydrogen-bond donors (Lipinski definition) is 1. The molecule has 0 aliphatic rings. The van der Waals surface area contributed by atoms with Gasteiger partial charge in [-0.15, -0.1) is 5.10 Å². The number of H-pyrrole nitrogens is 1. The van der Waals surface area contributed by atoms with Crippen LogP contribution in [0.3, 0.4) is 0 Å². The van der Waals surface area contributed by atoms with E-state index < -0.39 is 0 Å². The van der Waals surface area contributed by atoms with Crippen molar-refractivity contribution in [1.82, 2.24) is 39.3 Å². The number of benzene rings is 1. The standard InChI is InChI=1S/C27H30N8O/c1-4-6-10-24-18-35(26-19(5-2)12-14-33(26)3)27(36)34(24)17-23-16-21(11-13-28-23)20-8-7-9-22(15-20)25-29-31-32-30-25/h7-9,11-16,18H,4-6,10,17H2,1-3H3,(H,29,30,31,32). The highest BCUT2D eigenvalue weighted by molar-refractivity contribution is 5.70. The van der Waals surface area contributed by atoms with Crippen LogP contribution in [0, 0.1) is 0 Å². The summed E-state index contributed by atoms with van der Waals surface area (Å²) in [6.07, 6.45) is 9.61. The largest absolute Gasteiger partial charge is 0.337 e. The highest BCUT2D eigenvalue weighted by atomic mass is 16.1. The highest BCUT2D eigenvalue weighted by Crippen LogP contribution is 2.25. The summed E-state index contributed by atoms with van der Waals surface area (Å²) in [5.74, 6) is 1.55. The number of nitrogens with one attached hydrogen (secondary N) is 1. The van der Waals surface area contributed by atoms with Crippen molar-refractivity contribution in [2.24, 2.45) is 7.05 Å². The van der Waals surface area contributed by atoms with Gasteiger partial charge in [0.1, 0.15) is 5.82 Å². The molecule has 0 radical (unpaired) electrons. The molecule has 4 heterocycles. The molecule has 9 nitrogen and oxygen atoms in total. The van der Waals surface area contributed by atoms with Gasteiger partial charge < -0.3 is 4.57 Å². The van der Waals surface area contributed by atoms with E-state index in [9.17, 15) is 4.79 Å². The first-order chi connectivity index (χ1) is 17.6. The summed E-state index contributed by atoms with van der Waals surface area (Å²) in [4.78, 5) is 18.3. The zero-order valence-electron chi connectivity index (χ0n) is 20.8. The number of aromatic nitrogens is 8. The van der Waals surface area contributed by atoms with Crippen LogP contribution in [0.5, 0.6) is 0 Å². The number of nitrogens with zero attached hydrogens (tertiary/aromatic N) is 7. The molecule has 0 spiro atoms. The lowest BCUT2D eigenvalue weighted by atomic mass is 10.0. The summed E-state index contributed by atoms with van der Waals surface area (Å²) in [5.41, 5.74) is 5.93. The fraction of sp³-hybridized carbons (Fsp3) is 0.296. The molecule has 9 heteroatoms. The van der Waals surface area contributed by atoms with Gasteiger partial charge in [-0.05, 0) is 70.6 Å². The van der Waals surface area contributed by atoms with Crippen LogP contribution >= 0.6 is 0 Å². The van der Waals surface area contributed by atoms with Crippen molar-refractivity contribution in [2.45, 2.75) is 46.1 Å². The number of aromatic amines is 1. The maximum Gasteiger partial charge on any atom is 0.334 e. The topological polar surface area (TPSA) is 99.2 Å². The zero-order valence-corrected chi connectivity index (χ0v) is 20.8. The lowest BCUT2D eigenvalue weighted by Crippen LogP contribution is -2.26. The van der Waals surface area contributed by atoms with E-state index in [0.717, 1.165) is 65.1 Å². The molecule has 0 atom stereocenters. The Labute approximate surface area is 209 Å². The molecule has 0 bridgehead atoms. The first-order valence-electron chi connectivity index (χ1n) is 12.3. The van der Waals surface area contributed by atoms with Crippen LogP contribution in [-0.2, 0) is 26.4 Å². The summed E-state index contributed by atoms with van der Waals surface area (Å²) in [5, 5.41) is 14.2. The second-order valence-corrected chi connectivity index (χ2v) is 8.96. The minimum Gasteiger partial charge on any atom is -0.337 e. The van der Waals surface area contributed by atoms with Crippen LogP contribution in [-0.4, -0.2) is 39.3 Å². The fourth-order valence-corrected chi connectivity index (χ4v) is 4.61. The molecule has 0 aliphatic heterocycles. The van der Waals surface area contributed by atoms with Crippen LogP contribution < -0.4 is 5.69 Å². The molecule has 0 amide bonds. The van der Waals surface area contributed by atoms with E-state index >= 15 is 0 Å². The second-order valence-electron chi connectivity index (χ2n) is 8.96. The molecule has 1 N–H and O–H groups in total. The first kappa shape index (κ1) is 23.5. The van der Waals surface area contributed by atoms with E-state index in [1.807, 2.05) is 65.0 Å². The Balaban J connectivity index is 1.51. The number of unbranched alkanes of at least 4 members (excludes halogenated alkanes) is 1. The van der Waals surface area contributed by atoms with Gasteiger partial charge in [-0.25, -0.2) is 9.89 Å². The molecule has 0 unspecified atom stereocenters. The maximum atomic E-state index is 13.7. The number of hydrogen-bond acceptors (Lipinski definition) is 5. The van der Waals surface area contributed by atoms with E-state index in [0.29, 0.717) is 12.4 Å². The summed E-state index contributed by atoms with van der Waals surface area (Å²) in [7, 11) is 1.98. The molecule has 0 saturated carbocycles. The van der Waals surface area contributed by atoms with Crippen molar-refractivity contribution in [3.63, 3.8) is 0 Å². The minimum absolute atomic E-state index is 0.0374. The molecule has 1 aromatic carbocycles. The third-order valence-electron chi connectivity index (χ3n) is 6.53. The van der Waals surface area contributed by atoms with Crippen LogP contribution in [0.15, 0.2) is 65.8 Å². The van der Waals surface area contributed by atoms with Crippen molar-refractivity contribution < 1.29 is 0 Å². The van der Waals surface area contributed by atoms with Gasteiger partial charge in [-0.2, -0.15) is 0 Å². The lowest BCUT2D eigenvalue weighted by molar-refractivity contribution is 0.661. The van der Waals surface area contributed by atoms with Crippen LogP contribution in [0.2, 0.25) is 0 Å². The number of pyridine rings is 1. The normalized spacial score (nSPS) is 11.3. The number of rotatable bonds is 9. The van der Waals surface area contributed by atoms with Crippen LogP contribution in [0.25, 0.3) is 28.3 Å². The molecule has 36 heavy (non-hydrogen) atoms. The summed E-state index contributed by atoms with van der Waals surface area (Å²) in [6, 6.07) is 14.1. The molecule has 0 saturated heterocycles. The molecule has 0 fully saturated rings. The van der Waals surface area contributed by atoms with Gasteiger partial charge in [-0.3, -0.25) is 14.1 Å². The Morgan fingerprint density at radius 2 is 1.86 bits per heavy atom. The smallest absolute Gasteiger partial charge is 0.334 e. The summed E-state index contributed by atoms with van der Waals surface area (Å²) >= 11 is 0. The molecule has 0 aliphatic carbocycles. The number of tetrazole rings is 1. The molecular weight excluding hydrogens is 452 g/mol. The Morgan fingerprint density at radius 1 is 1.03 bits per heavy atom. The zero-order chi connectivity index (χ0) is 25.1. The average Bonchev–Trinajstić information content (AvgIpc) is 3.64. The SMILES string of the molecule is CCCCc1cn(-c2c(CC)ccn2C)c(=O)n1Cc1cc(-c2cccc(-c3nnn[nH]3)c2)ccn1. The number of imidazole rings is 1. The van der Waals surface area contributed by atoms with Gasteiger partial charge in [-0.1, -0.05) is 38.5 Å². The van der Waals surface area contributed by atoms with Gasteiger partial charge in [0, 0.05) is 36.9 Å². The Hall–Kier alpha value is -4.27. The molecule has 5 rings (SSSR count). The van der Waals surface area contributed by atoms with E-state index in [1.165, 1.54) is 0 Å². The summed E-state index contributed by atoms with van der Waals surface area (Å²) < 4.78 is 5.68. The molecule has 184 valence electrons. The van der Waals surface area contributed by atoms with Crippen molar-refractivity contribution >= 4 is 0 Å². The van der Waals surface area contributed by atoms with E-state index in [-0.39, 0.29) is 5.69 Å². The van der Waals surface area contributed by atoms with Gasteiger partial charge in [0.05, 0.1) is 12.2 Å². The third kappa shape index (κ3) is 4.51. The predicted molar refractivity (Wildman–Crippen MR) is 139 cm³/mol. The van der Waals surface area contributed by atoms with Crippen LogP contribution in [0.4, 0.5) is 0 Å². The second kappa shape index (κ2) is 10.2. The maximum absolute atomic E-state index is 13.7. The fourth-order valence-electron chi connectivity index (χ4n) is 4.61. The monoisotopic (exact) mass is 482 g/mol. The van der Waals surface area contributed by atoms with E-state index in [1.54, 1.807) is 10.8 Å². The third-order valence-corrected chi connectivity index (χ3v) is 6.53. The van der Waals surface area contributed by atoms with Gasteiger partial charge in [0.15, 0.2) is 5.82 Å². The lowest BCUT2D eigenvalue weighted by Gasteiger charge is -2.09. The molecule has 5 aromatic rings. The summed E-state index contributed by atoms with van der Waals surface area (Å²) in [6.45, 7) is 4.69. The van der Waals surface area contributed by atoms with Gasteiger partial charge in [0.2, 0.25) is 0 Å². The quantitative estimate of drug-likeness (QED) is 0.340. The Bertz CT molecular complexity index is 1520. The van der Waals surface area contributed by atoms with Crippen molar-refractivity contribution in [3.8, 4) is 28.3 Å². The van der Waals surface area contributed by atoms with E-state index in [4.69, 9.17) is 0 Å². The molecular formula is C27H30N8O. The average molecular weight is 483 g/mol. The highest BCUT2D eigenvalue weighted by Gasteiger charge is 2.17. The Kier molecular flexibility index (Phi) is 6.62. The first-order valence-corrected chi connectivity index (χ1v) is 12.3. The minimum atomic E-state index is -0.0374. The van der Waals surface area contributed by atoms with Crippen LogP contribution in [0.1, 0.15) is 43.6 Å². The Morgan fingerprint density at radius 3 is 2.64 bits per heavy atom. The molecule has 4 aromatic heterocycles. The van der Waals surface area contributed by atoms with Gasteiger partial charge >= 0.3 is 5.69 Å². The van der Waals surface area contributed by atoms with Crippen molar-refractivity contribution in [1.29, 1.82) is 0 Å². The van der Waals surface area contributed by atoms with E-state index in [2.05, 4.69) is 45.5 Å².